The molecule has 4 heteroatoms. The lowest BCUT2D eigenvalue weighted by Gasteiger charge is -2.17. The maximum Gasteiger partial charge on any atom is 0.234 e. The van der Waals surface area contributed by atoms with Gasteiger partial charge in [0.05, 0.1) is 6.54 Å². The molecule has 0 radical (unpaired) electrons. The van der Waals surface area contributed by atoms with Gasteiger partial charge < -0.3 is 10.2 Å². The van der Waals surface area contributed by atoms with Crippen molar-refractivity contribution in [3.63, 3.8) is 0 Å². The van der Waals surface area contributed by atoms with Crippen molar-refractivity contribution in [1.29, 1.82) is 0 Å². The van der Waals surface area contributed by atoms with E-state index < -0.39 is 0 Å². The van der Waals surface area contributed by atoms with E-state index in [0.29, 0.717) is 13.1 Å². The summed E-state index contributed by atoms with van der Waals surface area (Å²) in [6.45, 7) is 7.01. The molecule has 1 rings (SSSR count). The zero-order chi connectivity index (χ0) is 14.3. The standard InChI is InChI=1S/C15H25N3O/c1-5-18(6-2)12-15(19)16-11-13-7-9-14(10-8-13)17(3)4/h7-10H,5-6,11-12H2,1-4H3,(H,16,19). The van der Waals surface area contributed by atoms with E-state index in [1.807, 2.05) is 26.2 Å². The maximum absolute atomic E-state index is 11.8. The summed E-state index contributed by atoms with van der Waals surface area (Å²) in [5, 5.41) is 2.95. The number of carbonyl (C=O) groups excluding carboxylic acids is 1. The second-order valence-corrected chi connectivity index (χ2v) is 4.80. The van der Waals surface area contributed by atoms with Gasteiger partial charge in [-0.25, -0.2) is 0 Å². The van der Waals surface area contributed by atoms with Crippen LogP contribution in [0, 0.1) is 0 Å². The molecule has 0 saturated heterocycles. The molecule has 0 fully saturated rings. The highest BCUT2D eigenvalue weighted by Gasteiger charge is 2.06. The van der Waals surface area contributed by atoms with Gasteiger partial charge in [-0.3, -0.25) is 9.69 Å². The summed E-state index contributed by atoms with van der Waals surface area (Å²) < 4.78 is 0. The fraction of sp³-hybridized carbons (Fsp3) is 0.533. The Kier molecular flexibility index (Phi) is 6.36. The Hall–Kier alpha value is -1.55. The lowest BCUT2D eigenvalue weighted by atomic mass is 10.2. The molecule has 106 valence electrons. The number of hydrogen-bond donors (Lipinski definition) is 1. The predicted molar refractivity (Wildman–Crippen MR) is 80.4 cm³/mol. The third-order valence-electron chi connectivity index (χ3n) is 3.20. The number of anilines is 1. The summed E-state index contributed by atoms with van der Waals surface area (Å²) in [7, 11) is 4.03. The van der Waals surface area contributed by atoms with Gasteiger partial charge in [0.25, 0.3) is 0 Å². The lowest BCUT2D eigenvalue weighted by molar-refractivity contribution is -0.122. The highest BCUT2D eigenvalue weighted by molar-refractivity contribution is 5.78. The van der Waals surface area contributed by atoms with E-state index in [4.69, 9.17) is 0 Å². The van der Waals surface area contributed by atoms with Crippen LogP contribution in [0.1, 0.15) is 19.4 Å². The number of amides is 1. The van der Waals surface area contributed by atoms with E-state index in [-0.39, 0.29) is 5.91 Å². The molecule has 1 aromatic carbocycles. The Balaban J connectivity index is 2.41. The topological polar surface area (TPSA) is 35.6 Å². The summed E-state index contributed by atoms with van der Waals surface area (Å²) in [5.74, 6) is 0.0837. The first-order chi connectivity index (χ1) is 9.06. The van der Waals surface area contributed by atoms with Gasteiger partial charge in [-0.15, -0.1) is 0 Å². The molecule has 19 heavy (non-hydrogen) atoms. The molecular weight excluding hydrogens is 238 g/mol. The largest absolute Gasteiger partial charge is 0.378 e. The molecule has 1 amide bonds. The van der Waals surface area contributed by atoms with Crippen LogP contribution in [0.5, 0.6) is 0 Å². The molecule has 0 aliphatic carbocycles. The van der Waals surface area contributed by atoms with Crippen molar-refractivity contribution in [2.45, 2.75) is 20.4 Å². The normalized spacial score (nSPS) is 10.6. The van der Waals surface area contributed by atoms with Gasteiger partial charge >= 0.3 is 0 Å². The molecule has 0 spiro atoms. The van der Waals surface area contributed by atoms with E-state index in [2.05, 4.69) is 41.1 Å². The van der Waals surface area contributed by atoms with E-state index in [0.717, 1.165) is 18.7 Å². The van der Waals surface area contributed by atoms with Crippen LogP contribution in [0.25, 0.3) is 0 Å². The van der Waals surface area contributed by atoms with Crippen LogP contribution < -0.4 is 10.2 Å². The molecule has 4 nitrogen and oxygen atoms in total. The Bertz CT molecular complexity index is 383. The number of carbonyl (C=O) groups is 1. The molecule has 0 aliphatic heterocycles. The third-order valence-corrected chi connectivity index (χ3v) is 3.20. The van der Waals surface area contributed by atoms with Crippen molar-refractivity contribution in [3.05, 3.63) is 29.8 Å². The van der Waals surface area contributed by atoms with Gasteiger partial charge in [-0.05, 0) is 30.8 Å². The molecule has 0 bridgehead atoms. The molecule has 1 aromatic rings. The second kappa shape index (κ2) is 7.79. The molecule has 0 aliphatic rings. The molecule has 1 N–H and O–H groups in total. The minimum Gasteiger partial charge on any atom is -0.378 e. The minimum absolute atomic E-state index is 0.0837. The molecule has 0 heterocycles. The monoisotopic (exact) mass is 263 g/mol. The van der Waals surface area contributed by atoms with E-state index in [1.165, 1.54) is 5.69 Å². The van der Waals surface area contributed by atoms with Crippen LogP contribution in [-0.2, 0) is 11.3 Å². The smallest absolute Gasteiger partial charge is 0.234 e. The average molecular weight is 263 g/mol. The Morgan fingerprint density at radius 3 is 2.16 bits per heavy atom. The lowest BCUT2D eigenvalue weighted by Crippen LogP contribution is -2.36. The van der Waals surface area contributed by atoms with Gasteiger partial charge in [0.1, 0.15) is 0 Å². The van der Waals surface area contributed by atoms with Crippen molar-refractivity contribution in [3.8, 4) is 0 Å². The van der Waals surface area contributed by atoms with E-state index in [9.17, 15) is 4.79 Å². The van der Waals surface area contributed by atoms with Crippen molar-refractivity contribution >= 4 is 11.6 Å². The number of likely N-dealkylation sites (N-methyl/N-ethyl adjacent to an activating group) is 1. The van der Waals surface area contributed by atoms with Gasteiger partial charge in [-0.2, -0.15) is 0 Å². The predicted octanol–water partition coefficient (Wildman–Crippen LogP) is 1.71. The SMILES string of the molecule is CCN(CC)CC(=O)NCc1ccc(N(C)C)cc1. The minimum atomic E-state index is 0.0837. The number of nitrogens with one attached hydrogen (secondary N) is 1. The number of rotatable bonds is 7. The van der Waals surface area contributed by atoms with Crippen LogP contribution >= 0.6 is 0 Å². The first-order valence-corrected chi connectivity index (χ1v) is 6.82. The van der Waals surface area contributed by atoms with Crippen LogP contribution in [-0.4, -0.2) is 44.5 Å². The van der Waals surface area contributed by atoms with Crippen molar-refractivity contribution in [2.75, 3.05) is 38.6 Å². The van der Waals surface area contributed by atoms with Crippen LogP contribution in [0.15, 0.2) is 24.3 Å². The number of benzene rings is 1. The molecule has 0 saturated carbocycles. The first-order valence-electron chi connectivity index (χ1n) is 6.82. The summed E-state index contributed by atoms with van der Waals surface area (Å²) >= 11 is 0. The van der Waals surface area contributed by atoms with Crippen LogP contribution in [0.4, 0.5) is 5.69 Å². The van der Waals surface area contributed by atoms with Crippen LogP contribution in [0.2, 0.25) is 0 Å². The molecular formula is C15H25N3O. The maximum atomic E-state index is 11.8. The zero-order valence-electron chi connectivity index (χ0n) is 12.4. The van der Waals surface area contributed by atoms with Gasteiger partial charge in [-0.1, -0.05) is 26.0 Å². The van der Waals surface area contributed by atoms with E-state index in [1.54, 1.807) is 0 Å². The molecule has 0 aromatic heterocycles. The average Bonchev–Trinajstić information content (AvgIpc) is 2.43. The molecule has 0 atom stereocenters. The highest BCUT2D eigenvalue weighted by Crippen LogP contribution is 2.11. The van der Waals surface area contributed by atoms with Gasteiger partial charge in [0.15, 0.2) is 0 Å². The fourth-order valence-electron chi connectivity index (χ4n) is 1.82. The molecule has 0 unspecified atom stereocenters. The van der Waals surface area contributed by atoms with Gasteiger partial charge in [0, 0.05) is 26.3 Å². The summed E-state index contributed by atoms with van der Waals surface area (Å²) in [6.07, 6.45) is 0. The number of hydrogen-bond acceptors (Lipinski definition) is 3. The zero-order valence-corrected chi connectivity index (χ0v) is 12.4. The Morgan fingerprint density at radius 2 is 1.68 bits per heavy atom. The Labute approximate surface area is 116 Å². The van der Waals surface area contributed by atoms with Gasteiger partial charge in [0.2, 0.25) is 5.91 Å². The van der Waals surface area contributed by atoms with Crippen molar-refractivity contribution < 1.29 is 4.79 Å². The summed E-state index contributed by atoms with van der Waals surface area (Å²) in [4.78, 5) is 15.9. The van der Waals surface area contributed by atoms with Crippen LogP contribution in [0.3, 0.4) is 0 Å². The second-order valence-electron chi connectivity index (χ2n) is 4.80. The van der Waals surface area contributed by atoms with Crippen molar-refractivity contribution in [2.24, 2.45) is 0 Å². The fourth-order valence-corrected chi connectivity index (χ4v) is 1.82. The first kappa shape index (κ1) is 15.5. The Morgan fingerprint density at radius 1 is 1.11 bits per heavy atom. The number of nitrogens with zero attached hydrogens (tertiary/aromatic N) is 2. The van der Waals surface area contributed by atoms with E-state index >= 15 is 0 Å². The summed E-state index contributed by atoms with van der Waals surface area (Å²) in [6, 6.07) is 8.22. The summed E-state index contributed by atoms with van der Waals surface area (Å²) in [5.41, 5.74) is 2.29. The highest BCUT2D eigenvalue weighted by atomic mass is 16.2. The van der Waals surface area contributed by atoms with Crippen molar-refractivity contribution in [1.82, 2.24) is 10.2 Å². The third kappa shape index (κ3) is 5.30. The quantitative estimate of drug-likeness (QED) is 0.813.